The van der Waals surface area contributed by atoms with E-state index in [0.717, 1.165) is 41.4 Å². The van der Waals surface area contributed by atoms with Crippen LogP contribution in [0.25, 0.3) is 0 Å². The van der Waals surface area contributed by atoms with E-state index in [9.17, 15) is 4.79 Å². The largest absolute Gasteiger partial charge is 0.443 e. The first kappa shape index (κ1) is 26.9. The average molecular weight is 569 g/mol. The van der Waals surface area contributed by atoms with Crippen LogP contribution in [-0.4, -0.2) is 57.5 Å². The molecule has 0 saturated heterocycles. The molecule has 1 amide bonds. The summed E-state index contributed by atoms with van der Waals surface area (Å²) < 4.78 is 7.41. The van der Waals surface area contributed by atoms with Crippen molar-refractivity contribution >= 4 is 41.7 Å². The predicted molar refractivity (Wildman–Crippen MR) is 141 cm³/mol. The van der Waals surface area contributed by atoms with Crippen LogP contribution in [0.15, 0.2) is 29.5 Å². The number of hydrogen-bond donors (Lipinski definition) is 1. The molecule has 0 atom stereocenters. The first-order valence-electron chi connectivity index (χ1n) is 11.0. The molecule has 1 aliphatic carbocycles. The van der Waals surface area contributed by atoms with Crippen molar-refractivity contribution in [2.45, 2.75) is 65.3 Å². The summed E-state index contributed by atoms with van der Waals surface area (Å²) in [6, 6.07) is 6.39. The summed E-state index contributed by atoms with van der Waals surface area (Å²) in [7, 11) is 5.60. The maximum Gasteiger partial charge on any atom is 0.415 e. The number of nitrogens with one attached hydrogen (secondary N) is 1. The van der Waals surface area contributed by atoms with Gasteiger partial charge in [0.2, 0.25) is 0 Å². The van der Waals surface area contributed by atoms with Crippen LogP contribution in [0.4, 0.5) is 10.5 Å². The highest BCUT2D eigenvalue weighted by Crippen LogP contribution is 2.35. The third kappa shape index (κ3) is 7.31. The Bertz CT molecular complexity index is 979. The van der Waals surface area contributed by atoms with Crippen molar-refractivity contribution in [3.8, 4) is 0 Å². The number of hydrogen-bond acceptors (Lipinski definition) is 5. The molecule has 182 valence electrons. The van der Waals surface area contributed by atoms with Gasteiger partial charge >= 0.3 is 6.09 Å². The van der Waals surface area contributed by atoms with Crippen molar-refractivity contribution in [2.24, 2.45) is 12.0 Å². The first-order valence-corrected chi connectivity index (χ1v) is 11.0. The van der Waals surface area contributed by atoms with Gasteiger partial charge in [0.1, 0.15) is 17.8 Å². The topological polar surface area (TPSA) is 87.9 Å². The number of carbonyl (C=O) groups is 1. The standard InChI is InChI=1S/C23H35N7O2.HI/c1-16-12-17(13-25-21(24-5)28(6)14-20-26-15-27-29(20)7)8-11-19(16)30(18-9-10-18)22(31)32-23(2,3)4;/h8,11-12,15,18H,9-10,13-14H2,1-7H3,(H,24,25);1H. The van der Waals surface area contributed by atoms with Gasteiger partial charge in [-0.05, 0) is 57.7 Å². The summed E-state index contributed by atoms with van der Waals surface area (Å²) in [4.78, 5) is 25.3. The number of amides is 1. The van der Waals surface area contributed by atoms with E-state index in [1.807, 2.05) is 63.7 Å². The normalized spacial score (nSPS) is 13.8. The highest BCUT2D eigenvalue weighted by Gasteiger charge is 2.37. The highest BCUT2D eigenvalue weighted by atomic mass is 127. The molecule has 1 aliphatic rings. The van der Waals surface area contributed by atoms with Gasteiger partial charge in [-0.3, -0.25) is 14.6 Å². The molecule has 0 aliphatic heterocycles. The monoisotopic (exact) mass is 569 g/mol. The fourth-order valence-electron chi connectivity index (χ4n) is 3.50. The van der Waals surface area contributed by atoms with E-state index in [0.29, 0.717) is 13.1 Å². The lowest BCUT2D eigenvalue weighted by molar-refractivity contribution is 0.0577. The minimum Gasteiger partial charge on any atom is -0.443 e. The lowest BCUT2D eigenvalue weighted by Crippen LogP contribution is -2.39. The predicted octanol–water partition coefficient (Wildman–Crippen LogP) is 3.85. The molecule has 1 N–H and O–H groups in total. The summed E-state index contributed by atoms with van der Waals surface area (Å²) in [5, 5.41) is 7.51. The number of guanidine groups is 1. The lowest BCUT2D eigenvalue weighted by Gasteiger charge is -2.28. The molecule has 1 heterocycles. The maximum atomic E-state index is 12.8. The van der Waals surface area contributed by atoms with Crippen LogP contribution >= 0.6 is 24.0 Å². The number of nitrogens with zero attached hydrogens (tertiary/aromatic N) is 6. The van der Waals surface area contributed by atoms with Crippen molar-refractivity contribution in [1.82, 2.24) is 25.0 Å². The molecule has 10 heteroatoms. The molecule has 2 aromatic rings. The van der Waals surface area contributed by atoms with E-state index >= 15 is 0 Å². The molecule has 1 aromatic heterocycles. The maximum absolute atomic E-state index is 12.8. The van der Waals surface area contributed by atoms with Gasteiger partial charge in [-0.2, -0.15) is 5.10 Å². The fourth-order valence-corrected chi connectivity index (χ4v) is 3.50. The zero-order valence-corrected chi connectivity index (χ0v) is 23.0. The van der Waals surface area contributed by atoms with Crippen LogP contribution in [0.3, 0.4) is 0 Å². The average Bonchev–Trinajstić information content (AvgIpc) is 3.45. The molecule has 9 nitrogen and oxygen atoms in total. The second kappa shape index (κ2) is 11.2. The number of aryl methyl sites for hydroxylation is 2. The smallest absolute Gasteiger partial charge is 0.415 e. The number of rotatable bonds is 6. The molecule has 1 saturated carbocycles. The van der Waals surface area contributed by atoms with Gasteiger partial charge in [-0.15, -0.1) is 24.0 Å². The summed E-state index contributed by atoms with van der Waals surface area (Å²) >= 11 is 0. The van der Waals surface area contributed by atoms with Crippen LogP contribution in [-0.2, 0) is 24.9 Å². The number of halogens is 1. The minimum absolute atomic E-state index is 0. The van der Waals surface area contributed by atoms with Crippen molar-refractivity contribution in [3.63, 3.8) is 0 Å². The Kier molecular flexibility index (Phi) is 9.10. The third-order valence-electron chi connectivity index (χ3n) is 5.23. The van der Waals surface area contributed by atoms with E-state index in [4.69, 9.17) is 4.74 Å². The number of aromatic nitrogens is 3. The SMILES string of the molecule is CN=C(NCc1ccc(N(C(=O)OC(C)(C)C)C2CC2)c(C)c1)N(C)Cc1ncnn1C.I. The molecule has 0 radical (unpaired) electrons. The van der Waals surface area contributed by atoms with E-state index in [1.165, 1.54) is 0 Å². The van der Waals surface area contributed by atoms with Crippen molar-refractivity contribution in [1.29, 1.82) is 0 Å². The summed E-state index contributed by atoms with van der Waals surface area (Å²) in [5.41, 5.74) is 2.55. The molecule has 1 aromatic carbocycles. The van der Waals surface area contributed by atoms with E-state index in [2.05, 4.69) is 26.5 Å². The Morgan fingerprint density at radius 1 is 1.33 bits per heavy atom. The lowest BCUT2D eigenvalue weighted by atomic mass is 10.1. The number of anilines is 1. The van der Waals surface area contributed by atoms with Crippen LogP contribution < -0.4 is 10.2 Å². The molecule has 0 bridgehead atoms. The van der Waals surface area contributed by atoms with Crippen LogP contribution in [0, 0.1) is 6.92 Å². The highest BCUT2D eigenvalue weighted by molar-refractivity contribution is 14.0. The molecule has 0 spiro atoms. The summed E-state index contributed by atoms with van der Waals surface area (Å²) in [6.07, 6.45) is 3.29. The Morgan fingerprint density at radius 2 is 2.03 bits per heavy atom. The third-order valence-corrected chi connectivity index (χ3v) is 5.23. The number of ether oxygens (including phenoxy) is 1. The Hall–Kier alpha value is -2.37. The zero-order valence-electron chi connectivity index (χ0n) is 20.6. The van der Waals surface area contributed by atoms with Gasteiger partial charge in [-0.1, -0.05) is 12.1 Å². The zero-order chi connectivity index (χ0) is 23.5. The van der Waals surface area contributed by atoms with Crippen molar-refractivity contribution in [2.75, 3.05) is 19.0 Å². The molecular formula is C23H36IN7O2. The number of aliphatic imine (C=N–C) groups is 1. The van der Waals surface area contributed by atoms with Gasteiger partial charge < -0.3 is 15.0 Å². The van der Waals surface area contributed by atoms with Gasteiger partial charge in [-0.25, -0.2) is 9.78 Å². The Balaban J connectivity index is 0.00000385. The number of carbonyl (C=O) groups excluding carboxylic acids is 1. The van der Waals surface area contributed by atoms with Crippen LogP contribution in [0.1, 0.15) is 50.6 Å². The van der Waals surface area contributed by atoms with Crippen LogP contribution in [0.2, 0.25) is 0 Å². The minimum atomic E-state index is -0.519. The summed E-state index contributed by atoms with van der Waals surface area (Å²) in [6.45, 7) is 8.93. The first-order chi connectivity index (χ1) is 15.1. The van der Waals surface area contributed by atoms with Crippen molar-refractivity contribution < 1.29 is 9.53 Å². The summed E-state index contributed by atoms with van der Waals surface area (Å²) in [5.74, 6) is 1.63. The molecule has 0 unspecified atom stereocenters. The molecular weight excluding hydrogens is 533 g/mol. The van der Waals surface area contributed by atoms with Crippen molar-refractivity contribution in [3.05, 3.63) is 41.5 Å². The Morgan fingerprint density at radius 3 is 2.55 bits per heavy atom. The quantitative estimate of drug-likeness (QED) is 0.323. The van der Waals surface area contributed by atoms with Crippen LogP contribution in [0.5, 0.6) is 0 Å². The molecule has 33 heavy (non-hydrogen) atoms. The van der Waals surface area contributed by atoms with Gasteiger partial charge in [0.25, 0.3) is 0 Å². The number of benzene rings is 1. The molecule has 1 fully saturated rings. The Labute approximate surface area is 213 Å². The second-order valence-corrected chi connectivity index (χ2v) is 9.26. The van der Waals surface area contributed by atoms with Gasteiger partial charge in [0, 0.05) is 33.7 Å². The van der Waals surface area contributed by atoms with E-state index in [-0.39, 0.29) is 36.1 Å². The van der Waals surface area contributed by atoms with Gasteiger partial charge in [0.15, 0.2) is 5.96 Å². The fraction of sp³-hybridized carbons (Fsp3) is 0.565. The van der Waals surface area contributed by atoms with Gasteiger partial charge in [0.05, 0.1) is 12.2 Å². The second-order valence-electron chi connectivity index (χ2n) is 9.26. The molecule has 3 rings (SSSR count). The van der Waals surface area contributed by atoms with E-state index in [1.54, 1.807) is 18.1 Å². The van der Waals surface area contributed by atoms with E-state index < -0.39 is 5.60 Å².